The fourth-order valence-corrected chi connectivity index (χ4v) is 3.17. The molecule has 0 aromatic heterocycles. The van der Waals surface area contributed by atoms with Gasteiger partial charge in [-0.15, -0.1) is 0 Å². The Kier molecular flexibility index (Phi) is 8.29. The third-order valence-electron chi connectivity index (χ3n) is 4.59. The maximum absolute atomic E-state index is 12.3. The Bertz CT molecular complexity index is 992. The van der Waals surface area contributed by atoms with Crippen LogP contribution in [0.15, 0.2) is 41.5 Å². The Hall–Kier alpha value is -3.30. The maximum atomic E-state index is 12.3. The number of carbonyl (C=O) groups excluding carboxylic acids is 1. The Labute approximate surface area is 190 Å². The zero-order valence-electron chi connectivity index (χ0n) is 17.5. The fourth-order valence-electron chi connectivity index (χ4n) is 2.98. The van der Waals surface area contributed by atoms with Gasteiger partial charge < -0.3 is 24.2 Å². The predicted molar refractivity (Wildman–Crippen MR) is 120 cm³/mol. The molecule has 170 valence electrons. The molecule has 10 heteroatoms. The number of anilines is 1. The summed E-state index contributed by atoms with van der Waals surface area (Å²) in [5.41, 5.74) is 3.96. The summed E-state index contributed by atoms with van der Waals surface area (Å²) in [7, 11) is 0. The lowest BCUT2D eigenvalue weighted by atomic mass is 10.2. The van der Waals surface area contributed by atoms with Crippen LogP contribution in [0.5, 0.6) is 11.5 Å². The molecule has 2 aromatic carbocycles. The topological polar surface area (TPSA) is 110 Å². The molecule has 1 amide bonds. The second-order valence-corrected chi connectivity index (χ2v) is 7.20. The summed E-state index contributed by atoms with van der Waals surface area (Å²) in [5, 5.41) is 13.4. The van der Waals surface area contributed by atoms with Crippen molar-refractivity contribution in [3.63, 3.8) is 0 Å². The molecule has 0 bridgehead atoms. The van der Waals surface area contributed by atoms with E-state index in [1.165, 1.54) is 12.1 Å². The van der Waals surface area contributed by atoms with Crippen LogP contribution in [0.3, 0.4) is 0 Å². The van der Waals surface area contributed by atoms with Gasteiger partial charge in [0, 0.05) is 13.1 Å². The zero-order chi connectivity index (χ0) is 22.9. The monoisotopic (exact) mass is 461 g/mol. The minimum absolute atomic E-state index is 0.0152. The van der Waals surface area contributed by atoms with Crippen LogP contribution in [0.4, 0.5) is 5.69 Å². The van der Waals surface area contributed by atoms with E-state index >= 15 is 0 Å². The molecule has 9 nitrogen and oxygen atoms in total. The van der Waals surface area contributed by atoms with E-state index < -0.39 is 5.97 Å². The summed E-state index contributed by atoms with van der Waals surface area (Å²) in [6.45, 7) is 4.38. The summed E-state index contributed by atoms with van der Waals surface area (Å²) in [5.74, 6) is -0.269. The van der Waals surface area contributed by atoms with Crippen molar-refractivity contribution in [3.8, 4) is 11.5 Å². The van der Waals surface area contributed by atoms with Crippen molar-refractivity contribution in [1.29, 1.82) is 0 Å². The lowest BCUT2D eigenvalue weighted by Crippen LogP contribution is -2.43. The predicted octanol–water partition coefficient (Wildman–Crippen LogP) is 3.12. The fraction of sp³-hybridized carbons (Fsp3) is 0.318. The van der Waals surface area contributed by atoms with Crippen molar-refractivity contribution in [2.45, 2.75) is 6.92 Å². The van der Waals surface area contributed by atoms with E-state index in [1.54, 1.807) is 35.4 Å². The molecular weight excluding hydrogens is 438 g/mol. The minimum atomic E-state index is -1.12. The normalized spacial score (nSPS) is 13.8. The first-order valence-corrected chi connectivity index (χ1v) is 10.4. The lowest BCUT2D eigenvalue weighted by molar-refractivity contribution is -0.137. The van der Waals surface area contributed by atoms with Crippen LogP contribution < -0.4 is 14.9 Å². The number of hydrazone groups is 1. The van der Waals surface area contributed by atoms with E-state index in [-0.39, 0.29) is 23.1 Å². The number of rotatable bonds is 9. The molecule has 0 radical (unpaired) electrons. The van der Waals surface area contributed by atoms with Crippen molar-refractivity contribution in [3.05, 3.63) is 52.5 Å². The summed E-state index contributed by atoms with van der Waals surface area (Å²) < 4.78 is 16.6. The second-order valence-electron chi connectivity index (χ2n) is 6.79. The number of hydrogen-bond acceptors (Lipinski definition) is 7. The highest BCUT2D eigenvalue weighted by atomic mass is 35.5. The second kappa shape index (κ2) is 11.4. The Balaban J connectivity index is 1.64. The van der Waals surface area contributed by atoms with Gasteiger partial charge >= 0.3 is 5.97 Å². The first kappa shape index (κ1) is 23.4. The van der Waals surface area contributed by atoms with Gasteiger partial charge in [0.2, 0.25) is 0 Å². The van der Waals surface area contributed by atoms with Crippen LogP contribution in [-0.2, 0) is 9.53 Å². The van der Waals surface area contributed by atoms with Gasteiger partial charge in [0.1, 0.15) is 0 Å². The molecule has 2 N–H and O–H groups in total. The number of nitrogens with zero attached hydrogens (tertiary/aromatic N) is 2. The molecule has 3 rings (SSSR count). The molecule has 1 fully saturated rings. The number of hydrogen-bond donors (Lipinski definition) is 2. The molecule has 1 aliphatic heterocycles. The van der Waals surface area contributed by atoms with Crippen LogP contribution in [0.1, 0.15) is 22.8 Å². The van der Waals surface area contributed by atoms with Crippen molar-refractivity contribution in [1.82, 2.24) is 4.90 Å². The van der Waals surface area contributed by atoms with Crippen molar-refractivity contribution < 1.29 is 28.9 Å². The highest BCUT2D eigenvalue weighted by Crippen LogP contribution is 2.28. The highest BCUT2D eigenvalue weighted by molar-refractivity contribution is 6.33. The van der Waals surface area contributed by atoms with E-state index in [9.17, 15) is 9.59 Å². The van der Waals surface area contributed by atoms with Gasteiger partial charge in [-0.3, -0.25) is 10.2 Å². The van der Waals surface area contributed by atoms with Crippen LogP contribution in [-0.4, -0.2) is 67.6 Å². The number of nitrogens with one attached hydrogen (secondary N) is 1. The first-order chi connectivity index (χ1) is 15.5. The maximum Gasteiger partial charge on any atom is 0.337 e. The van der Waals surface area contributed by atoms with Gasteiger partial charge in [0.25, 0.3) is 5.91 Å². The van der Waals surface area contributed by atoms with Gasteiger partial charge in [-0.05, 0) is 48.9 Å². The standard InChI is InChI=1S/C22H24ClN3O6/c1-2-31-20-11-15(13-24-25-16-4-5-18(23)17(12-16)22(28)29)3-6-19(20)32-14-21(27)26-7-9-30-10-8-26/h3-6,11-13,25H,2,7-10,14H2,1H3,(H,28,29)/b24-13+. The number of halogens is 1. The number of ether oxygens (including phenoxy) is 3. The smallest absolute Gasteiger partial charge is 0.337 e. The third kappa shape index (κ3) is 6.35. The summed E-state index contributed by atoms with van der Waals surface area (Å²) in [4.78, 5) is 25.2. The first-order valence-electron chi connectivity index (χ1n) is 10.0. The number of morpholine rings is 1. The Morgan fingerprint density at radius 3 is 2.69 bits per heavy atom. The largest absolute Gasteiger partial charge is 0.490 e. The summed E-state index contributed by atoms with van der Waals surface area (Å²) in [6.07, 6.45) is 1.56. The minimum Gasteiger partial charge on any atom is -0.490 e. The highest BCUT2D eigenvalue weighted by Gasteiger charge is 2.18. The molecule has 1 aliphatic rings. The van der Waals surface area contributed by atoms with Gasteiger partial charge in [0.15, 0.2) is 18.1 Å². The number of carboxylic acid groups (broad SMARTS) is 1. The van der Waals surface area contributed by atoms with Crippen molar-refractivity contribution in [2.24, 2.45) is 5.10 Å². The SMILES string of the molecule is CCOc1cc(/C=N/Nc2ccc(Cl)c(C(=O)O)c2)ccc1OCC(=O)N1CCOCC1. The van der Waals surface area contributed by atoms with Crippen LogP contribution >= 0.6 is 11.6 Å². The van der Waals surface area contributed by atoms with E-state index in [0.29, 0.717) is 50.1 Å². The van der Waals surface area contributed by atoms with E-state index in [1.807, 2.05) is 6.92 Å². The average Bonchev–Trinajstić information content (AvgIpc) is 2.80. The van der Waals surface area contributed by atoms with Gasteiger partial charge in [-0.1, -0.05) is 11.6 Å². The number of aromatic carboxylic acids is 1. The van der Waals surface area contributed by atoms with Crippen molar-refractivity contribution >= 4 is 35.4 Å². The molecule has 0 spiro atoms. The molecule has 1 saturated heterocycles. The number of benzene rings is 2. The summed E-state index contributed by atoms with van der Waals surface area (Å²) >= 11 is 5.87. The molecule has 1 heterocycles. The summed E-state index contributed by atoms with van der Waals surface area (Å²) in [6, 6.07) is 9.74. The van der Waals surface area contributed by atoms with Gasteiger partial charge in [-0.25, -0.2) is 4.79 Å². The van der Waals surface area contributed by atoms with E-state index in [2.05, 4.69) is 10.5 Å². The number of amides is 1. The molecule has 0 atom stereocenters. The van der Waals surface area contributed by atoms with Crippen molar-refractivity contribution in [2.75, 3.05) is 44.9 Å². The molecule has 0 unspecified atom stereocenters. The van der Waals surface area contributed by atoms with E-state index in [4.69, 9.17) is 30.9 Å². The number of carbonyl (C=O) groups is 2. The van der Waals surface area contributed by atoms with Crippen LogP contribution in [0.2, 0.25) is 5.02 Å². The molecule has 0 saturated carbocycles. The molecule has 0 aliphatic carbocycles. The molecule has 32 heavy (non-hydrogen) atoms. The van der Waals surface area contributed by atoms with Gasteiger partial charge in [0.05, 0.1) is 42.3 Å². The third-order valence-corrected chi connectivity index (χ3v) is 4.92. The average molecular weight is 462 g/mol. The number of carboxylic acids is 1. The van der Waals surface area contributed by atoms with Crippen LogP contribution in [0, 0.1) is 0 Å². The Morgan fingerprint density at radius 1 is 1.19 bits per heavy atom. The zero-order valence-corrected chi connectivity index (χ0v) is 18.3. The van der Waals surface area contributed by atoms with Gasteiger partial charge in [-0.2, -0.15) is 5.10 Å². The van der Waals surface area contributed by atoms with Crippen LogP contribution in [0.25, 0.3) is 0 Å². The molecule has 2 aromatic rings. The molecular formula is C22H24ClN3O6. The quantitative estimate of drug-likeness (QED) is 0.436. The lowest BCUT2D eigenvalue weighted by Gasteiger charge is -2.26. The Morgan fingerprint density at radius 2 is 1.97 bits per heavy atom. The van der Waals surface area contributed by atoms with E-state index in [0.717, 1.165) is 5.56 Å².